The second-order valence-corrected chi connectivity index (χ2v) is 5.95. The fraction of sp³-hybridized carbons (Fsp3) is 0.800. The molecule has 2 amide bonds. The third-order valence-corrected chi connectivity index (χ3v) is 4.39. The number of nitriles is 1. The molecular weight excluding hydrogens is 270 g/mol. The summed E-state index contributed by atoms with van der Waals surface area (Å²) in [7, 11) is 1.41. The summed E-state index contributed by atoms with van der Waals surface area (Å²) in [6.07, 6.45) is 7.76. The van der Waals surface area contributed by atoms with Gasteiger partial charge in [-0.05, 0) is 18.8 Å². The van der Waals surface area contributed by atoms with Gasteiger partial charge >= 0.3 is 6.09 Å². The van der Waals surface area contributed by atoms with Crippen molar-refractivity contribution in [3.63, 3.8) is 0 Å². The molecule has 0 radical (unpaired) electrons. The molecule has 2 rings (SSSR count). The van der Waals surface area contributed by atoms with Crippen molar-refractivity contribution < 1.29 is 14.3 Å². The minimum atomic E-state index is -0.828. The minimum absolute atomic E-state index is 0.406. The van der Waals surface area contributed by atoms with Crippen molar-refractivity contribution in [3.05, 3.63) is 0 Å². The van der Waals surface area contributed by atoms with Crippen LogP contribution in [-0.4, -0.2) is 48.0 Å². The highest BCUT2D eigenvalue weighted by molar-refractivity contribution is 5.84. The predicted octanol–water partition coefficient (Wildman–Crippen LogP) is 2.11. The first-order valence-electron chi connectivity index (χ1n) is 7.74. The zero-order chi connectivity index (χ0) is 15.2. The van der Waals surface area contributed by atoms with Gasteiger partial charge in [-0.1, -0.05) is 32.1 Å². The molecule has 0 bridgehead atoms. The van der Waals surface area contributed by atoms with E-state index < -0.39 is 18.1 Å². The van der Waals surface area contributed by atoms with E-state index in [1.807, 2.05) is 0 Å². The molecule has 0 aromatic carbocycles. The summed E-state index contributed by atoms with van der Waals surface area (Å²) >= 11 is 0. The van der Waals surface area contributed by atoms with Gasteiger partial charge in [0.15, 0.2) is 12.3 Å². The highest BCUT2D eigenvalue weighted by Crippen LogP contribution is 2.29. The van der Waals surface area contributed by atoms with E-state index in [1.165, 1.54) is 26.3 Å². The zero-order valence-electron chi connectivity index (χ0n) is 12.6. The molecule has 6 heteroatoms. The Morgan fingerprint density at radius 1 is 1.29 bits per heavy atom. The second-order valence-electron chi connectivity index (χ2n) is 5.95. The maximum atomic E-state index is 12.2. The topological polar surface area (TPSA) is 73.6 Å². The number of nitrogens with zero attached hydrogens (tertiary/aromatic N) is 3. The smallest absolute Gasteiger partial charge is 0.410 e. The summed E-state index contributed by atoms with van der Waals surface area (Å²) in [5.41, 5.74) is 0. The first kappa shape index (κ1) is 15.6. The fourth-order valence-corrected chi connectivity index (χ4v) is 2.89. The van der Waals surface area contributed by atoms with Gasteiger partial charge < -0.3 is 9.64 Å². The average Bonchev–Trinajstić information content (AvgIpc) is 2.44. The Labute approximate surface area is 125 Å². The minimum Gasteiger partial charge on any atom is -0.436 e. The van der Waals surface area contributed by atoms with Crippen LogP contribution in [-0.2, 0) is 9.53 Å². The number of ether oxygens (including phenoxy) is 1. The molecular formula is C15H23N3O3. The van der Waals surface area contributed by atoms with Crippen LogP contribution in [0.4, 0.5) is 4.79 Å². The number of carbonyl (C=O) groups is 2. The Bertz CT molecular complexity index is 422. The Morgan fingerprint density at radius 3 is 2.48 bits per heavy atom. The molecule has 2 fully saturated rings. The van der Waals surface area contributed by atoms with Crippen LogP contribution in [0.1, 0.15) is 44.9 Å². The monoisotopic (exact) mass is 293 g/mol. The van der Waals surface area contributed by atoms with E-state index in [4.69, 9.17) is 10.00 Å². The third-order valence-electron chi connectivity index (χ3n) is 4.39. The SMILES string of the molecule is CN(C#N)C(=O)[C@H](CC1CCCCC1)OC(=O)N1CCC1. The molecule has 1 aliphatic heterocycles. The molecule has 6 nitrogen and oxygen atoms in total. The Kier molecular flexibility index (Phi) is 5.43. The van der Waals surface area contributed by atoms with Crippen LogP contribution in [0.15, 0.2) is 0 Å². The van der Waals surface area contributed by atoms with E-state index in [9.17, 15) is 9.59 Å². The van der Waals surface area contributed by atoms with Crippen molar-refractivity contribution in [2.24, 2.45) is 5.92 Å². The van der Waals surface area contributed by atoms with Gasteiger partial charge in [0, 0.05) is 20.1 Å². The highest BCUT2D eigenvalue weighted by atomic mass is 16.6. The number of likely N-dealkylation sites (tertiary alicyclic amines) is 1. The number of likely N-dealkylation sites (N-methyl/N-ethyl adjacent to an activating group) is 1. The first-order chi connectivity index (χ1) is 10.1. The van der Waals surface area contributed by atoms with Crippen LogP contribution in [0, 0.1) is 17.4 Å². The molecule has 1 aliphatic carbocycles. The maximum Gasteiger partial charge on any atom is 0.410 e. The summed E-state index contributed by atoms with van der Waals surface area (Å²) in [5, 5.41) is 8.86. The van der Waals surface area contributed by atoms with E-state index in [-0.39, 0.29) is 0 Å². The molecule has 0 N–H and O–H groups in total. The van der Waals surface area contributed by atoms with E-state index >= 15 is 0 Å². The standard InChI is InChI=1S/C15H23N3O3/c1-17(11-16)14(19)13(10-12-6-3-2-4-7-12)21-15(20)18-8-5-9-18/h12-13H,2-10H2,1H3/t13-/m0/s1. The zero-order valence-corrected chi connectivity index (χ0v) is 12.6. The molecule has 2 aliphatic rings. The van der Waals surface area contributed by atoms with Gasteiger partial charge in [0.1, 0.15) is 0 Å². The third kappa shape index (κ3) is 4.10. The number of rotatable bonds is 4. The van der Waals surface area contributed by atoms with Crippen LogP contribution in [0.5, 0.6) is 0 Å². The predicted molar refractivity (Wildman–Crippen MR) is 76.0 cm³/mol. The maximum absolute atomic E-state index is 12.2. The van der Waals surface area contributed by atoms with Crippen molar-refractivity contribution in [3.8, 4) is 6.19 Å². The average molecular weight is 293 g/mol. The van der Waals surface area contributed by atoms with Crippen molar-refractivity contribution in [1.29, 1.82) is 5.26 Å². The van der Waals surface area contributed by atoms with Gasteiger partial charge in [0.05, 0.1) is 0 Å². The normalized spacial score (nSPS) is 20.1. The Balaban J connectivity index is 1.96. The molecule has 21 heavy (non-hydrogen) atoms. The number of hydrogen-bond acceptors (Lipinski definition) is 4. The first-order valence-corrected chi connectivity index (χ1v) is 7.74. The molecule has 0 aromatic rings. The van der Waals surface area contributed by atoms with Crippen LogP contribution in [0.2, 0.25) is 0 Å². The van der Waals surface area contributed by atoms with Gasteiger partial charge in [0.25, 0.3) is 5.91 Å². The summed E-state index contributed by atoms with van der Waals surface area (Å²) in [4.78, 5) is 26.7. The molecule has 116 valence electrons. The number of amides is 2. The van der Waals surface area contributed by atoms with Crippen molar-refractivity contribution in [2.45, 2.75) is 51.0 Å². The van der Waals surface area contributed by atoms with Crippen LogP contribution < -0.4 is 0 Å². The van der Waals surface area contributed by atoms with E-state index in [1.54, 1.807) is 11.1 Å². The molecule has 0 spiro atoms. The Morgan fingerprint density at radius 2 is 1.95 bits per heavy atom. The van der Waals surface area contributed by atoms with Gasteiger partial charge in [-0.2, -0.15) is 5.26 Å². The van der Waals surface area contributed by atoms with Gasteiger partial charge in [0.2, 0.25) is 0 Å². The summed E-state index contributed by atoms with van der Waals surface area (Å²) in [6, 6.07) is 0. The van der Waals surface area contributed by atoms with Gasteiger partial charge in [-0.25, -0.2) is 9.69 Å². The summed E-state index contributed by atoms with van der Waals surface area (Å²) in [6.45, 7) is 1.38. The van der Waals surface area contributed by atoms with Gasteiger partial charge in [-0.15, -0.1) is 0 Å². The molecule has 0 aromatic heterocycles. The molecule has 1 saturated carbocycles. The van der Waals surface area contributed by atoms with Crippen molar-refractivity contribution in [2.75, 3.05) is 20.1 Å². The van der Waals surface area contributed by atoms with E-state index in [2.05, 4.69) is 0 Å². The van der Waals surface area contributed by atoms with Gasteiger partial charge in [-0.3, -0.25) is 4.79 Å². The fourth-order valence-electron chi connectivity index (χ4n) is 2.89. The lowest BCUT2D eigenvalue weighted by Crippen LogP contribution is -2.46. The van der Waals surface area contributed by atoms with E-state index in [0.29, 0.717) is 25.4 Å². The Hall–Kier alpha value is -1.77. The lowest BCUT2D eigenvalue weighted by atomic mass is 9.85. The molecule has 1 heterocycles. The molecule has 0 unspecified atom stereocenters. The highest BCUT2D eigenvalue weighted by Gasteiger charge is 2.32. The number of hydrogen-bond donors (Lipinski definition) is 0. The lowest BCUT2D eigenvalue weighted by molar-refractivity contribution is -0.138. The molecule has 1 saturated heterocycles. The second kappa shape index (κ2) is 7.30. The van der Waals surface area contributed by atoms with Crippen LogP contribution in [0.25, 0.3) is 0 Å². The molecule has 1 atom stereocenters. The summed E-state index contributed by atoms with van der Waals surface area (Å²) in [5.74, 6) is -0.0130. The van der Waals surface area contributed by atoms with Crippen LogP contribution >= 0.6 is 0 Å². The summed E-state index contributed by atoms with van der Waals surface area (Å²) < 4.78 is 5.39. The van der Waals surface area contributed by atoms with E-state index in [0.717, 1.165) is 24.2 Å². The van der Waals surface area contributed by atoms with Crippen molar-refractivity contribution in [1.82, 2.24) is 9.80 Å². The number of carbonyl (C=O) groups excluding carboxylic acids is 2. The quantitative estimate of drug-likeness (QED) is 0.588. The van der Waals surface area contributed by atoms with Crippen LogP contribution in [0.3, 0.4) is 0 Å². The lowest BCUT2D eigenvalue weighted by Gasteiger charge is -2.33. The van der Waals surface area contributed by atoms with Crippen molar-refractivity contribution >= 4 is 12.0 Å². The largest absolute Gasteiger partial charge is 0.436 e.